The molecule has 6 nitrogen and oxygen atoms in total. The van der Waals surface area contributed by atoms with E-state index < -0.39 is 22.4 Å². The van der Waals surface area contributed by atoms with Crippen molar-refractivity contribution in [3.8, 4) is 0 Å². The molecule has 0 amide bonds. The first-order valence-electron chi connectivity index (χ1n) is 8.79. The maximum Gasteiger partial charge on any atom is 0.416 e. The van der Waals surface area contributed by atoms with Crippen molar-refractivity contribution in [1.82, 2.24) is 14.8 Å². The van der Waals surface area contributed by atoms with E-state index in [1.165, 1.54) is 0 Å². The summed E-state index contributed by atoms with van der Waals surface area (Å²) in [6.07, 6.45) is -3.34. The van der Waals surface area contributed by atoms with Crippen LogP contribution in [-0.4, -0.2) is 19.7 Å². The Balaban J connectivity index is 1.94. The highest BCUT2D eigenvalue weighted by Gasteiger charge is 2.33. The lowest BCUT2D eigenvalue weighted by Crippen LogP contribution is -2.07. The van der Waals surface area contributed by atoms with Crippen molar-refractivity contribution < 1.29 is 18.1 Å². The summed E-state index contributed by atoms with van der Waals surface area (Å²) < 4.78 is 40.6. The fourth-order valence-corrected chi connectivity index (χ4v) is 3.73. The molecule has 3 aromatic rings. The topological polar surface area (TPSA) is 73.8 Å². The number of rotatable bonds is 7. The van der Waals surface area contributed by atoms with Crippen molar-refractivity contribution in [3.05, 3.63) is 75.6 Å². The van der Waals surface area contributed by atoms with E-state index in [1.807, 2.05) is 41.8 Å². The monoisotopic (exact) mass is 422 g/mol. The Labute approximate surface area is 168 Å². The SMILES string of the molecule is CCCn1c(Cc2ccccc2)nnc1Sc1ccc(C(F)(F)F)cc1[N+](=O)[O-]. The van der Waals surface area contributed by atoms with Gasteiger partial charge in [-0.1, -0.05) is 37.3 Å². The van der Waals surface area contributed by atoms with E-state index >= 15 is 0 Å². The van der Waals surface area contributed by atoms with E-state index in [0.29, 0.717) is 30.0 Å². The molecule has 10 heteroatoms. The average molecular weight is 422 g/mol. The van der Waals surface area contributed by atoms with Crippen molar-refractivity contribution in [2.45, 2.75) is 42.5 Å². The summed E-state index contributed by atoms with van der Waals surface area (Å²) in [6.45, 7) is 2.56. The van der Waals surface area contributed by atoms with Crippen LogP contribution in [0.2, 0.25) is 0 Å². The molecule has 2 aromatic carbocycles. The molecule has 29 heavy (non-hydrogen) atoms. The number of hydrogen-bond acceptors (Lipinski definition) is 5. The summed E-state index contributed by atoms with van der Waals surface area (Å²) in [5.74, 6) is 0.690. The van der Waals surface area contributed by atoms with Gasteiger partial charge in [-0.3, -0.25) is 10.1 Å². The molecule has 0 aliphatic heterocycles. The molecule has 1 heterocycles. The van der Waals surface area contributed by atoms with Gasteiger partial charge in [0.1, 0.15) is 5.82 Å². The maximum atomic E-state index is 12.9. The molecule has 0 aliphatic rings. The zero-order valence-electron chi connectivity index (χ0n) is 15.4. The third kappa shape index (κ3) is 4.94. The molecule has 0 radical (unpaired) electrons. The molecule has 0 spiro atoms. The van der Waals surface area contributed by atoms with Gasteiger partial charge >= 0.3 is 6.18 Å². The Morgan fingerprint density at radius 2 is 1.86 bits per heavy atom. The second-order valence-electron chi connectivity index (χ2n) is 6.25. The van der Waals surface area contributed by atoms with Crippen LogP contribution in [0.3, 0.4) is 0 Å². The number of alkyl halides is 3. The van der Waals surface area contributed by atoms with Gasteiger partial charge in [0.05, 0.1) is 15.4 Å². The number of aromatic nitrogens is 3. The first kappa shape index (κ1) is 20.8. The number of halogens is 3. The van der Waals surface area contributed by atoms with E-state index in [2.05, 4.69) is 10.2 Å². The Morgan fingerprint density at radius 3 is 2.48 bits per heavy atom. The quantitative estimate of drug-likeness (QED) is 0.379. The van der Waals surface area contributed by atoms with E-state index in [1.54, 1.807) is 0 Å². The van der Waals surface area contributed by atoms with Gasteiger partial charge in [-0.05, 0) is 35.9 Å². The number of nitro benzene ring substituents is 1. The fourth-order valence-electron chi connectivity index (χ4n) is 2.77. The maximum absolute atomic E-state index is 12.9. The summed E-state index contributed by atoms with van der Waals surface area (Å²) >= 11 is 0.940. The Bertz CT molecular complexity index is 1010. The zero-order chi connectivity index (χ0) is 21.0. The minimum atomic E-state index is -4.65. The van der Waals surface area contributed by atoms with Crippen LogP contribution in [-0.2, 0) is 19.1 Å². The first-order valence-corrected chi connectivity index (χ1v) is 9.60. The van der Waals surface area contributed by atoms with Gasteiger partial charge < -0.3 is 4.57 Å². The molecular formula is C19H17F3N4O2S. The molecule has 0 N–H and O–H groups in total. The van der Waals surface area contributed by atoms with Crippen LogP contribution in [0.25, 0.3) is 0 Å². The Hall–Kier alpha value is -2.88. The third-order valence-corrected chi connectivity index (χ3v) is 5.18. The van der Waals surface area contributed by atoms with Gasteiger partial charge in [-0.2, -0.15) is 13.2 Å². The van der Waals surface area contributed by atoms with Crippen LogP contribution in [0.15, 0.2) is 58.6 Å². The van der Waals surface area contributed by atoms with Gasteiger partial charge in [-0.25, -0.2) is 0 Å². The van der Waals surface area contributed by atoms with Crippen LogP contribution in [0, 0.1) is 10.1 Å². The van der Waals surface area contributed by atoms with E-state index in [4.69, 9.17) is 0 Å². The highest BCUT2D eigenvalue weighted by Crippen LogP contribution is 2.39. The lowest BCUT2D eigenvalue weighted by atomic mass is 10.1. The second kappa shape index (κ2) is 8.64. The number of nitro groups is 1. The number of nitrogens with zero attached hydrogens (tertiary/aromatic N) is 4. The lowest BCUT2D eigenvalue weighted by Gasteiger charge is -2.10. The second-order valence-corrected chi connectivity index (χ2v) is 7.26. The zero-order valence-corrected chi connectivity index (χ0v) is 16.2. The molecule has 0 bridgehead atoms. The standard InChI is InChI=1S/C19H17F3N4O2S/c1-2-10-25-17(11-13-6-4-3-5-7-13)23-24-18(25)29-16-9-8-14(19(20,21)22)12-15(16)26(27)28/h3-9,12H,2,10-11H2,1H3. The van der Waals surface area contributed by atoms with Gasteiger partial charge in [0.25, 0.3) is 5.69 Å². The molecule has 152 valence electrons. The molecular weight excluding hydrogens is 405 g/mol. The van der Waals surface area contributed by atoms with Crippen molar-refractivity contribution in [2.75, 3.05) is 0 Å². The molecule has 0 saturated carbocycles. The minimum absolute atomic E-state index is 0.0824. The molecule has 0 unspecified atom stereocenters. The van der Waals surface area contributed by atoms with Gasteiger partial charge in [0.2, 0.25) is 0 Å². The van der Waals surface area contributed by atoms with Crippen molar-refractivity contribution >= 4 is 17.4 Å². The average Bonchev–Trinajstić information content (AvgIpc) is 3.03. The van der Waals surface area contributed by atoms with Crippen LogP contribution >= 0.6 is 11.8 Å². The molecule has 3 rings (SSSR count). The highest BCUT2D eigenvalue weighted by molar-refractivity contribution is 7.99. The van der Waals surface area contributed by atoms with Gasteiger partial charge in [0, 0.05) is 19.0 Å². The number of benzene rings is 2. The molecule has 0 fully saturated rings. The van der Waals surface area contributed by atoms with E-state index in [0.717, 1.165) is 35.9 Å². The predicted molar refractivity (Wildman–Crippen MR) is 102 cm³/mol. The van der Waals surface area contributed by atoms with E-state index in [9.17, 15) is 23.3 Å². The third-order valence-electron chi connectivity index (χ3n) is 4.13. The molecule has 0 atom stereocenters. The van der Waals surface area contributed by atoms with Crippen LogP contribution in [0.1, 0.15) is 30.3 Å². The minimum Gasteiger partial charge on any atom is -0.305 e. The largest absolute Gasteiger partial charge is 0.416 e. The summed E-state index contributed by atoms with van der Waals surface area (Å²) in [5.41, 5.74) is -0.636. The van der Waals surface area contributed by atoms with Gasteiger partial charge in [0.15, 0.2) is 5.16 Å². The summed E-state index contributed by atoms with van der Waals surface area (Å²) in [5, 5.41) is 20.1. The van der Waals surface area contributed by atoms with Gasteiger partial charge in [-0.15, -0.1) is 10.2 Å². The highest BCUT2D eigenvalue weighted by atomic mass is 32.2. The fraction of sp³-hybridized carbons (Fsp3) is 0.263. The van der Waals surface area contributed by atoms with Crippen LogP contribution < -0.4 is 0 Å². The molecule has 0 aliphatic carbocycles. The summed E-state index contributed by atoms with van der Waals surface area (Å²) in [4.78, 5) is 10.6. The van der Waals surface area contributed by atoms with Crippen molar-refractivity contribution in [1.29, 1.82) is 0 Å². The Morgan fingerprint density at radius 1 is 1.14 bits per heavy atom. The predicted octanol–water partition coefficient (Wildman–Crippen LogP) is 5.36. The van der Waals surface area contributed by atoms with E-state index in [-0.39, 0.29) is 4.90 Å². The Kier molecular flexibility index (Phi) is 6.21. The summed E-state index contributed by atoms with van der Waals surface area (Å²) in [7, 11) is 0. The van der Waals surface area contributed by atoms with Crippen LogP contribution in [0.5, 0.6) is 0 Å². The summed E-state index contributed by atoms with van der Waals surface area (Å²) in [6, 6.07) is 12.1. The molecule has 0 saturated heterocycles. The molecule has 1 aromatic heterocycles. The lowest BCUT2D eigenvalue weighted by molar-refractivity contribution is -0.388. The normalized spacial score (nSPS) is 11.6. The smallest absolute Gasteiger partial charge is 0.305 e. The van der Waals surface area contributed by atoms with Crippen molar-refractivity contribution in [2.24, 2.45) is 0 Å². The van der Waals surface area contributed by atoms with Crippen LogP contribution in [0.4, 0.5) is 18.9 Å². The van der Waals surface area contributed by atoms with Crippen molar-refractivity contribution in [3.63, 3.8) is 0 Å². The first-order chi connectivity index (χ1) is 13.8. The number of hydrogen-bond donors (Lipinski definition) is 0.